The molecule has 6 heteroatoms. The van der Waals surface area contributed by atoms with E-state index in [0.717, 1.165) is 0 Å². The topological polar surface area (TPSA) is 72.2 Å². The van der Waals surface area contributed by atoms with E-state index in [4.69, 9.17) is 5.11 Å². The number of aromatic nitrogens is 2. The van der Waals surface area contributed by atoms with Gasteiger partial charge in [0.1, 0.15) is 0 Å². The largest absolute Gasteiger partial charge is 0.478 e. The Morgan fingerprint density at radius 1 is 1.35 bits per heavy atom. The second kappa shape index (κ2) is 6.00. The van der Waals surface area contributed by atoms with Crippen molar-refractivity contribution in [3.63, 3.8) is 0 Å². The van der Waals surface area contributed by atoms with Gasteiger partial charge in [0.15, 0.2) is 0 Å². The zero-order valence-corrected chi connectivity index (χ0v) is 12.1. The molecule has 1 N–H and O–H groups in total. The van der Waals surface area contributed by atoms with Gasteiger partial charge >= 0.3 is 5.97 Å². The Hall–Kier alpha value is -1.95. The molecule has 0 amide bonds. The van der Waals surface area contributed by atoms with Crippen LogP contribution in [-0.4, -0.2) is 25.1 Å². The van der Waals surface area contributed by atoms with E-state index < -0.39 is 16.8 Å². The predicted molar refractivity (Wildman–Crippen MR) is 76.1 cm³/mol. The van der Waals surface area contributed by atoms with Gasteiger partial charge in [-0.1, -0.05) is 12.1 Å². The Morgan fingerprint density at radius 3 is 2.65 bits per heavy atom. The van der Waals surface area contributed by atoms with E-state index >= 15 is 0 Å². The quantitative estimate of drug-likeness (QED) is 0.919. The molecule has 1 heterocycles. The van der Waals surface area contributed by atoms with Gasteiger partial charge in [-0.15, -0.1) is 0 Å². The summed E-state index contributed by atoms with van der Waals surface area (Å²) in [5.41, 5.74) is 0.770. The third-order valence-electron chi connectivity index (χ3n) is 2.83. The Kier molecular flexibility index (Phi) is 4.34. The van der Waals surface area contributed by atoms with E-state index in [1.165, 1.54) is 6.07 Å². The van der Waals surface area contributed by atoms with Crippen LogP contribution in [0.2, 0.25) is 0 Å². The van der Waals surface area contributed by atoms with Crippen LogP contribution in [0.3, 0.4) is 0 Å². The zero-order chi connectivity index (χ0) is 14.7. The third-order valence-corrected chi connectivity index (χ3v) is 4.24. The number of aromatic carboxylic acids is 1. The minimum Gasteiger partial charge on any atom is -0.478 e. The smallest absolute Gasteiger partial charge is 0.336 e. The average Bonchev–Trinajstić information content (AvgIpc) is 2.87. The molecule has 0 saturated carbocycles. The summed E-state index contributed by atoms with van der Waals surface area (Å²) in [6.07, 6.45) is 1.83. The number of benzene rings is 1. The number of carbonyl (C=O) groups is 1. The number of hydrogen-bond acceptors (Lipinski definition) is 3. The highest BCUT2D eigenvalue weighted by Crippen LogP contribution is 2.17. The van der Waals surface area contributed by atoms with Crippen LogP contribution in [-0.2, 0) is 16.6 Å². The number of rotatable bonds is 5. The fourth-order valence-corrected chi connectivity index (χ4v) is 3.00. The second-order valence-corrected chi connectivity index (χ2v) is 6.09. The monoisotopic (exact) mass is 292 g/mol. The van der Waals surface area contributed by atoms with Crippen LogP contribution in [0.15, 0.2) is 41.4 Å². The van der Waals surface area contributed by atoms with E-state index in [1.54, 1.807) is 28.9 Å². The molecule has 2 aromatic rings. The first-order chi connectivity index (χ1) is 9.49. The number of nitrogens with zero attached hydrogens (tertiary/aromatic N) is 2. The number of hydrogen-bond donors (Lipinski definition) is 1. The highest BCUT2D eigenvalue weighted by atomic mass is 32.2. The van der Waals surface area contributed by atoms with Crippen molar-refractivity contribution in [1.29, 1.82) is 0 Å². The molecule has 106 valence electrons. The lowest BCUT2D eigenvalue weighted by molar-refractivity contribution is 0.0693. The molecule has 0 bridgehead atoms. The van der Waals surface area contributed by atoms with E-state index in [1.807, 2.05) is 20.0 Å². The fraction of sp³-hybridized carbons (Fsp3) is 0.286. The first-order valence-electron chi connectivity index (χ1n) is 6.23. The number of carboxylic acids is 1. The van der Waals surface area contributed by atoms with Gasteiger partial charge in [-0.05, 0) is 32.0 Å². The average molecular weight is 292 g/mol. The normalized spacial score (nSPS) is 12.6. The lowest BCUT2D eigenvalue weighted by Crippen LogP contribution is -2.07. The van der Waals surface area contributed by atoms with Gasteiger partial charge in [0.05, 0.1) is 32.7 Å². The summed E-state index contributed by atoms with van der Waals surface area (Å²) in [5.74, 6) is -0.856. The van der Waals surface area contributed by atoms with Crippen molar-refractivity contribution in [3.05, 3.63) is 47.8 Å². The lowest BCUT2D eigenvalue weighted by atomic mass is 10.2. The van der Waals surface area contributed by atoms with E-state index in [0.29, 0.717) is 10.6 Å². The van der Waals surface area contributed by atoms with Gasteiger partial charge in [0.2, 0.25) is 0 Å². The lowest BCUT2D eigenvalue weighted by Gasteiger charge is -2.05. The summed E-state index contributed by atoms with van der Waals surface area (Å²) < 4.78 is 14.1. The highest BCUT2D eigenvalue weighted by molar-refractivity contribution is 7.84. The van der Waals surface area contributed by atoms with Crippen LogP contribution in [0, 0.1) is 0 Å². The van der Waals surface area contributed by atoms with E-state index in [2.05, 4.69) is 5.10 Å². The fourth-order valence-electron chi connectivity index (χ4n) is 1.80. The van der Waals surface area contributed by atoms with Gasteiger partial charge in [0.25, 0.3) is 0 Å². The van der Waals surface area contributed by atoms with Crippen molar-refractivity contribution < 1.29 is 14.1 Å². The van der Waals surface area contributed by atoms with Gasteiger partial charge < -0.3 is 5.11 Å². The maximum Gasteiger partial charge on any atom is 0.336 e. The Labute approximate surface area is 119 Å². The van der Waals surface area contributed by atoms with Crippen LogP contribution in [0.25, 0.3) is 0 Å². The van der Waals surface area contributed by atoms with Crippen LogP contribution >= 0.6 is 0 Å². The van der Waals surface area contributed by atoms with Gasteiger partial charge in [-0.2, -0.15) is 5.10 Å². The second-order valence-electron chi connectivity index (χ2n) is 4.67. The van der Waals surface area contributed by atoms with E-state index in [-0.39, 0.29) is 17.4 Å². The van der Waals surface area contributed by atoms with Crippen LogP contribution in [0.5, 0.6) is 0 Å². The predicted octanol–water partition coefficient (Wildman–Crippen LogP) is 2.47. The molecule has 1 aromatic carbocycles. The molecular weight excluding hydrogens is 276 g/mol. The standard InChI is InChI=1S/C14H16N2O3S/c1-10(2)16-8-7-11(15-16)9-20(19)13-6-4-3-5-12(13)14(17)18/h3-8,10H,9H2,1-2H3,(H,17,18). The maximum absolute atomic E-state index is 12.3. The first-order valence-corrected chi connectivity index (χ1v) is 7.55. The number of carboxylic acid groups (broad SMARTS) is 1. The summed E-state index contributed by atoms with van der Waals surface area (Å²) in [6.45, 7) is 4.01. The first kappa shape index (κ1) is 14.5. The molecule has 0 aliphatic heterocycles. The van der Waals surface area contributed by atoms with Crippen LogP contribution in [0.1, 0.15) is 35.9 Å². The molecule has 0 aliphatic rings. The molecule has 1 unspecified atom stereocenters. The molecule has 0 aliphatic carbocycles. The Morgan fingerprint density at radius 2 is 2.05 bits per heavy atom. The zero-order valence-electron chi connectivity index (χ0n) is 11.3. The van der Waals surface area contributed by atoms with Gasteiger partial charge in [-0.3, -0.25) is 8.89 Å². The van der Waals surface area contributed by atoms with Crippen molar-refractivity contribution >= 4 is 16.8 Å². The van der Waals surface area contributed by atoms with Crippen molar-refractivity contribution in [2.24, 2.45) is 0 Å². The maximum atomic E-state index is 12.3. The summed E-state index contributed by atoms with van der Waals surface area (Å²) in [6, 6.07) is 8.40. The van der Waals surface area contributed by atoms with Crippen molar-refractivity contribution in [2.75, 3.05) is 0 Å². The molecule has 1 aromatic heterocycles. The van der Waals surface area contributed by atoms with Gasteiger partial charge in [-0.25, -0.2) is 4.79 Å². The molecule has 0 fully saturated rings. The Bertz CT molecular complexity index is 649. The molecule has 20 heavy (non-hydrogen) atoms. The van der Waals surface area contributed by atoms with Crippen molar-refractivity contribution in [3.8, 4) is 0 Å². The molecule has 0 spiro atoms. The minimum atomic E-state index is -1.42. The SMILES string of the molecule is CC(C)n1ccc(CS(=O)c2ccccc2C(=O)O)n1. The van der Waals surface area contributed by atoms with Crippen molar-refractivity contribution in [2.45, 2.75) is 30.5 Å². The molecule has 5 nitrogen and oxygen atoms in total. The van der Waals surface area contributed by atoms with Crippen LogP contribution < -0.4 is 0 Å². The highest BCUT2D eigenvalue weighted by Gasteiger charge is 2.16. The molecule has 0 radical (unpaired) electrons. The third kappa shape index (κ3) is 3.14. The molecule has 1 atom stereocenters. The van der Waals surface area contributed by atoms with Gasteiger partial charge in [0, 0.05) is 12.2 Å². The molecule has 2 rings (SSSR count). The van der Waals surface area contributed by atoms with Crippen LogP contribution in [0.4, 0.5) is 0 Å². The summed E-state index contributed by atoms with van der Waals surface area (Å²) >= 11 is 0. The molecule has 0 saturated heterocycles. The summed E-state index contributed by atoms with van der Waals surface area (Å²) in [5, 5.41) is 13.4. The minimum absolute atomic E-state index is 0.0779. The summed E-state index contributed by atoms with van der Waals surface area (Å²) in [4.78, 5) is 11.5. The Balaban J connectivity index is 2.22. The van der Waals surface area contributed by atoms with E-state index in [9.17, 15) is 9.00 Å². The van der Waals surface area contributed by atoms with Crippen molar-refractivity contribution in [1.82, 2.24) is 9.78 Å². The molecular formula is C14H16N2O3S. The summed E-state index contributed by atoms with van der Waals surface area (Å²) in [7, 11) is -1.42.